The first-order chi connectivity index (χ1) is 7.69. The maximum absolute atomic E-state index is 5.19. The zero-order chi connectivity index (χ0) is 11.5. The van der Waals surface area contributed by atoms with Crippen molar-refractivity contribution in [1.29, 1.82) is 0 Å². The van der Waals surface area contributed by atoms with E-state index in [0.717, 1.165) is 21.1 Å². The van der Waals surface area contributed by atoms with E-state index in [1.165, 1.54) is 4.88 Å². The number of rotatable bonds is 4. The molecular formula is C10H11BrN2O2S. The van der Waals surface area contributed by atoms with Crippen LogP contribution in [-0.2, 0) is 6.54 Å². The number of nitrogens with zero attached hydrogens (tertiary/aromatic N) is 1. The van der Waals surface area contributed by atoms with E-state index in [1.54, 1.807) is 18.4 Å². The Labute approximate surface area is 106 Å². The van der Waals surface area contributed by atoms with Gasteiger partial charge in [-0.1, -0.05) is 5.16 Å². The van der Waals surface area contributed by atoms with Gasteiger partial charge in [0.25, 0.3) is 0 Å². The Hall–Kier alpha value is -1.01. The summed E-state index contributed by atoms with van der Waals surface area (Å²) in [5, 5.41) is 7.91. The molecule has 6 heteroatoms. The first-order valence-electron chi connectivity index (χ1n) is 4.68. The van der Waals surface area contributed by atoms with Gasteiger partial charge in [0.1, 0.15) is 5.76 Å². The highest BCUT2D eigenvalue weighted by Crippen LogP contribution is 2.34. The molecule has 4 nitrogen and oxygen atoms in total. The molecule has 0 radical (unpaired) electrons. The molecule has 86 valence electrons. The highest BCUT2D eigenvalue weighted by Gasteiger charge is 2.07. The van der Waals surface area contributed by atoms with E-state index in [-0.39, 0.29) is 0 Å². The Morgan fingerprint density at radius 3 is 2.94 bits per heavy atom. The Morgan fingerprint density at radius 1 is 1.56 bits per heavy atom. The molecule has 0 amide bonds. The fraction of sp³-hybridized carbons (Fsp3) is 0.300. The average Bonchev–Trinajstić information content (AvgIpc) is 2.82. The summed E-state index contributed by atoms with van der Waals surface area (Å²) in [7, 11) is 1.66. The van der Waals surface area contributed by atoms with Crippen LogP contribution >= 0.6 is 27.3 Å². The van der Waals surface area contributed by atoms with Crippen LogP contribution in [0.4, 0.5) is 5.82 Å². The van der Waals surface area contributed by atoms with E-state index in [1.807, 2.05) is 19.1 Å². The number of halogens is 1. The van der Waals surface area contributed by atoms with Crippen LogP contribution in [0.2, 0.25) is 0 Å². The molecule has 2 aromatic rings. The molecule has 0 aliphatic rings. The molecule has 0 atom stereocenters. The average molecular weight is 303 g/mol. The van der Waals surface area contributed by atoms with Crippen molar-refractivity contribution in [3.8, 4) is 5.06 Å². The van der Waals surface area contributed by atoms with Crippen LogP contribution in [-0.4, -0.2) is 12.3 Å². The molecule has 0 aromatic carbocycles. The number of aryl methyl sites for hydroxylation is 1. The van der Waals surface area contributed by atoms with Crippen LogP contribution in [0, 0.1) is 6.92 Å². The van der Waals surface area contributed by atoms with Gasteiger partial charge in [0.15, 0.2) is 10.9 Å². The molecule has 0 aliphatic heterocycles. The van der Waals surface area contributed by atoms with Crippen LogP contribution in [0.5, 0.6) is 5.06 Å². The topological polar surface area (TPSA) is 47.3 Å². The predicted octanol–water partition coefficient (Wildman–Crippen LogP) is 3.43. The normalized spacial score (nSPS) is 10.4. The summed E-state index contributed by atoms with van der Waals surface area (Å²) in [5.41, 5.74) is 0. The lowest BCUT2D eigenvalue weighted by Gasteiger charge is -1.97. The zero-order valence-corrected chi connectivity index (χ0v) is 11.3. The fourth-order valence-electron chi connectivity index (χ4n) is 1.25. The summed E-state index contributed by atoms with van der Waals surface area (Å²) in [6.07, 6.45) is 0. The smallest absolute Gasteiger partial charge is 0.188 e. The van der Waals surface area contributed by atoms with Crippen molar-refractivity contribution in [3.05, 3.63) is 27.2 Å². The number of methoxy groups -OCH3 is 1. The molecule has 0 saturated carbocycles. The van der Waals surface area contributed by atoms with Gasteiger partial charge in [0.2, 0.25) is 0 Å². The van der Waals surface area contributed by atoms with Gasteiger partial charge in [0.05, 0.1) is 18.1 Å². The molecule has 0 unspecified atom stereocenters. The molecule has 0 fully saturated rings. The third-order valence-electron chi connectivity index (χ3n) is 1.96. The van der Waals surface area contributed by atoms with Gasteiger partial charge < -0.3 is 14.6 Å². The summed E-state index contributed by atoms with van der Waals surface area (Å²) < 4.78 is 11.1. The molecule has 2 rings (SSSR count). The van der Waals surface area contributed by atoms with Crippen LogP contribution < -0.4 is 10.1 Å². The van der Waals surface area contributed by atoms with Crippen molar-refractivity contribution < 1.29 is 9.26 Å². The van der Waals surface area contributed by atoms with Gasteiger partial charge in [-0.3, -0.25) is 0 Å². The SMILES string of the molecule is COc1sc(CNc2cc(C)on2)cc1Br. The third-order valence-corrected chi connectivity index (χ3v) is 3.91. The lowest BCUT2D eigenvalue weighted by molar-refractivity contribution is 0.399. The molecule has 1 N–H and O–H groups in total. The van der Waals surface area contributed by atoms with Gasteiger partial charge in [-0.15, -0.1) is 11.3 Å². The number of anilines is 1. The summed E-state index contributed by atoms with van der Waals surface area (Å²) in [5.74, 6) is 1.55. The molecular weight excluding hydrogens is 292 g/mol. The van der Waals surface area contributed by atoms with E-state index in [4.69, 9.17) is 9.26 Å². The van der Waals surface area contributed by atoms with Crippen molar-refractivity contribution in [2.45, 2.75) is 13.5 Å². The van der Waals surface area contributed by atoms with E-state index < -0.39 is 0 Å². The first kappa shape index (κ1) is 11.5. The number of nitrogens with one attached hydrogen (secondary N) is 1. The number of ether oxygens (including phenoxy) is 1. The van der Waals surface area contributed by atoms with Crippen molar-refractivity contribution in [3.63, 3.8) is 0 Å². The second kappa shape index (κ2) is 4.88. The summed E-state index contributed by atoms with van der Waals surface area (Å²) in [4.78, 5) is 1.17. The van der Waals surface area contributed by atoms with Gasteiger partial charge in [-0.25, -0.2) is 0 Å². The summed E-state index contributed by atoms with van der Waals surface area (Å²) in [6.45, 7) is 2.57. The van der Waals surface area contributed by atoms with Crippen molar-refractivity contribution >= 4 is 33.1 Å². The molecule has 0 spiro atoms. The number of aromatic nitrogens is 1. The number of thiophene rings is 1. The Morgan fingerprint density at radius 2 is 2.38 bits per heavy atom. The lowest BCUT2D eigenvalue weighted by atomic mass is 10.4. The highest BCUT2D eigenvalue weighted by atomic mass is 79.9. The van der Waals surface area contributed by atoms with Crippen LogP contribution in [0.15, 0.2) is 21.1 Å². The van der Waals surface area contributed by atoms with Crippen LogP contribution in [0.1, 0.15) is 10.6 Å². The number of hydrogen-bond acceptors (Lipinski definition) is 5. The van der Waals surface area contributed by atoms with E-state index >= 15 is 0 Å². The fourth-order valence-corrected chi connectivity index (χ4v) is 2.88. The Balaban J connectivity index is 1.99. The van der Waals surface area contributed by atoms with Crippen LogP contribution in [0.25, 0.3) is 0 Å². The second-order valence-corrected chi connectivity index (χ2v) is 5.18. The van der Waals surface area contributed by atoms with Crippen molar-refractivity contribution in [2.24, 2.45) is 0 Å². The Kier molecular flexibility index (Phi) is 3.50. The third kappa shape index (κ3) is 2.56. The quantitative estimate of drug-likeness (QED) is 0.940. The molecule has 0 aliphatic carbocycles. The molecule has 2 aromatic heterocycles. The maximum atomic E-state index is 5.19. The minimum absolute atomic E-state index is 0.707. The van der Waals surface area contributed by atoms with Gasteiger partial charge in [-0.05, 0) is 28.9 Å². The van der Waals surface area contributed by atoms with E-state index in [0.29, 0.717) is 6.54 Å². The molecule has 0 saturated heterocycles. The van der Waals surface area contributed by atoms with E-state index in [9.17, 15) is 0 Å². The maximum Gasteiger partial charge on any atom is 0.188 e. The van der Waals surface area contributed by atoms with E-state index in [2.05, 4.69) is 26.4 Å². The number of hydrogen-bond donors (Lipinski definition) is 1. The largest absolute Gasteiger partial charge is 0.486 e. The first-order valence-corrected chi connectivity index (χ1v) is 6.29. The van der Waals surface area contributed by atoms with Gasteiger partial charge in [-0.2, -0.15) is 0 Å². The summed E-state index contributed by atoms with van der Waals surface area (Å²) in [6, 6.07) is 3.89. The van der Waals surface area contributed by atoms with Crippen molar-refractivity contribution in [2.75, 3.05) is 12.4 Å². The lowest BCUT2D eigenvalue weighted by Crippen LogP contribution is -1.96. The minimum atomic E-state index is 0.707. The van der Waals surface area contributed by atoms with Gasteiger partial charge in [0, 0.05) is 10.9 Å². The Bertz CT molecular complexity index is 481. The summed E-state index contributed by atoms with van der Waals surface area (Å²) >= 11 is 5.03. The minimum Gasteiger partial charge on any atom is -0.486 e. The van der Waals surface area contributed by atoms with Gasteiger partial charge >= 0.3 is 0 Å². The van der Waals surface area contributed by atoms with Crippen molar-refractivity contribution in [1.82, 2.24) is 5.16 Å². The molecule has 0 bridgehead atoms. The second-order valence-electron chi connectivity index (χ2n) is 3.23. The van der Waals surface area contributed by atoms with Crippen LogP contribution in [0.3, 0.4) is 0 Å². The molecule has 16 heavy (non-hydrogen) atoms. The highest BCUT2D eigenvalue weighted by molar-refractivity contribution is 9.10. The predicted molar refractivity (Wildman–Crippen MR) is 67.1 cm³/mol. The molecule has 2 heterocycles. The monoisotopic (exact) mass is 302 g/mol. The standard InChI is InChI=1S/C10H11BrN2O2S/c1-6-3-9(13-15-6)12-5-7-4-8(11)10(14-2)16-7/h3-4H,5H2,1-2H3,(H,12,13). The zero-order valence-electron chi connectivity index (χ0n) is 8.91.